The van der Waals surface area contributed by atoms with Gasteiger partial charge in [-0.25, -0.2) is 0 Å². The van der Waals surface area contributed by atoms with Crippen molar-refractivity contribution in [3.8, 4) is 5.75 Å². The first kappa shape index (κ1) is 10.5. The largest absolute Gasteiger partial charge is 0.508 e. The predicted molar refractivity (Wildman–Crippen MR) is 60.6 cm³/mol. The van der Waals surface area contributed by atoms with E-state index in [-0.39, 0.29) is 0 Å². The molecule has 0 saturated heterocycles. The molecule has 0 bridgehead atoms. The van der Waals surface area contributed by atoms with Gasteiger partial charge in [0, 0.05) is 19.0 Å². The van der Waals surface area contributed by atoms with Crippen LogP contribution in [0.25, 0.3) is 0 Å². The molecule has 0 unspecified atom stereocenters. The van der Waals surface area contributed by atoms with Gasteiger partial charge >= 0.3 is 0 Å². The summed E-state index contributed by atoms with van der Waals surface area (Å²) in [4.78, 5) is 0. The average Bonchev–Trinajstić information content (AvgIpc) is 2.01. The molecule has 0 aliphatic rings. The average molecular weight is 359 g/mol. The van der Waals surface area contributed by atoms with Crippen LogP contribution in [0.1, 0.15) is 12.5 Å². The van der Waals surface area contributed by atoms with E-state index < -0.39 is 0 Å². The van der Waals surface area contributed by atoms with Crippen molar-refractivity contribution < 1.29 is 5.11 Å². The number of halogens is 3. The Labute approximate surface area is 96.6 Å². The molecule has 0 amide bonds. The normalized spacial score (nSPS) is 10.3. The van der Waals surface area contributed by atoms with E-state index in [9.17, 15) is 5.11 Å². The van der Waals surface area contributed by atoms with Crippen LogP contribution in [-0.4, -0.2) is 5.11 Å². The standard InChI is InChI=1S/C8H7Br3O/c1-2-4-6(12)3-5(9)8(11)7(4)10/h3,12H,2H2,1H3. The number of phenols is 1. The summed E-state index contributed by atoms with van der Waals surface area (Å²) in [6.45, 7) is 2.00. The fraction of sp³-hybridized carbons (Fsp3) is 0.250. The Morgan fingerprint density at radius 2 is 1.83 bits per heavy atom. The number of benzene rings is 1. The molecule has 0 aliphatic heterocycles. The molecule has 1 nitrogen and oxygen atoms in total. The van der Waals surface area contributed by atoms with Gasteiger partial charge in [0.1, 0.15) is 5.75 Å². The minimum atomic E-state index is 0.319. The molecule has 0 aromatic heterocycles. The van der Waals surface area contributed by atoms with Gasteiger partial charge in [0.15, 0.2) is 0 Å². The van der Waals surface area contributed by atoms with E-state index in [0.29, 0.717) is 5.75 Å². The van der Waals surface area contributed by atoms with Crippen LogP contribution in [0.3, 0.4) is 0 Å². The third kappa shape index (κ3) is 1.86. The Balaban J connectivity index is 3.40. The zero-order valence-corrected chi connectivity index (χ0v) is 11.1. The number of phenolic OH excluding ortho intramolecular Hbond substituents is 1. The minimum absolute atomic E-state index is 0.319. The number of rotatable bonds is 1. The molecule has 0 heterocycles. The molecule has 0 atom stereocenters. The monoisotopic (exact) mass is 356 g/mol. The number of aromatic hydroxyl groups is 1. The molecule has 0 fully saturated rings. The van der Waals surface area contributed by atoms with Gasteiger partial charge in [0.25, 0.3) is 0 Å². The van der Waals surface area contributed by atoms with Crippen LogP contribution in [0.15, 0.2) is 19.5 Å². The van der Waals surface area contributed by atoms with Gasteiger partial charge in [-0.15, -0.1) is 0 Å². The topological polar surface area (TPSA) is 20.2 Å². The van der Waals surface area contributed by atoms with Crippen LogP contribution in [-0.2, 0) is 6.42 Å². The van der Waals surface area contributed by atoms with Crippen molar-refractivity contribution >= 4 is 47.8 Å². The Morgan fingerprint density at radius 3 is 2.33 bits per heavy atom. The molecule has 0 radical (unpaired) electrons. The third-order valence-electron chi connectivity index (χ3n) is 1.59. The Bertz CT molecular complexity index is 310. The fourth-order valence-electron chi connectivity index (χ4n) is 0.957. The SMILES string of the molecule is CCc1c(O)cc(Br)c(Br)c1Br. The summed E-state index contributed by atoms with van der Waals surface area (Å²) in [7, 11) is 0. The summed E-state index contributed by atoms with van der Waals surface area (Å²) in [5.41, 5.74) is 0.921. The lowest BCUT2D eigenvalue weighted by Gasteiger charge is -2.08. The van der Waals surface area contributed by atoms with Crippen molar-refractivity contribution in [3.05, 3.63) is 25.0 Å². The highest BCUT2D eigenvalue weighted by atomic mass is 79.9. The lowest BCUT2D eigenvalue weighted by Crippen LogP contribution is -1.86. The maximum absolute atomic E-state index is 9.52. The minimum Gasteiger partial charge on any atom is -0.508 e. The smallest absolute Gasteiger partial charge is 0.121 e. The molecule has 4 heteroatoms. The van der Waals surface area contributed by atoms with Gasteiger partial charge in [0.05, 0.1) is 0 Å². The van der Waals surface area contributed by atoms with Crippen molar-refractivity contribution in [2.24, 2.45) is 0 Å². The summed E-state index contributed by atoms with van der Waals surface area (Å²) >= 11 is 10.1. The maximum Gasteiger partial charge on any atom is 0.121 e. The molecular formula is C8H7Br3O. The van der Waals surface area contributed by atoms with E-state index in [1.54, 1.807) is 6.07 Å². The molecule has 1 aromatic rings. The summed E-state index contributed by atoms with van der Waals surface area (Å²) in [5.74, 6) is 0.319. The van der Waals surface area contributed by atoms with Gasteiger partial charge in [-0.3, -0.25) is 0 Å². The second kappa shape index (κ2) is 4.11. The first-order valence-electron chi connectivity index (χ1n) is 3.43. The van der Waals surface area contributed by atoms with Crippen LogP contribution in [0.5, 0.6) is 5.75 Å². The molecule has 1 N–H and O–H groups in total. The van der Waals surface area contributed by atoms with Crippen molar-refractivity contribution in [1.29, 1.82) is 0 Å². The lowest BCUT2D eigenvalue weighted by molar-refractivity contribution is 0.467. The van der Waals surface area contributed by atoms with Gasteiger partial charge in [0.2, 0.25) is 0 Å². The quantitative estimate of drug-likeness (QED) is 0.744. The molecular weight excluding hydrogens is 352 g/mol. The summed E-state index contributed by atoms with van der Waals surface area (Å²) < 4.78 is 2.71. The molecule has 12 heavy (non-hydrogen) atoms. The van der Waals surface area contributed by atoms with Crippen LogP contribution in [0.2, 0.25) is 0 Å². The van der Waals surface area contributed by atoms with Crippen LogP contribution in [0.4, 0.5) is 0 Å². The van der Waals surface area contributed by atoms with Gasteiger partial charge in [-0.05, 0) is 60.3 Å². The van der Waals surface area contributed by atoms with E-state index in [1.165, 1.54) is 0 Å². The van der Waals surface area contributed by atoms with Crippen molar-refractivity contribution in [2.45, 2.75) is 13.3 Å². The van der Waals surface area contributed by atoms with Gasteiger partial charge in [-0.2, -0.15) is 0 Å². The Morgan fingerprint density at radius 1 is 1.25 bits per heavy atom. The molecule has 0 saturated carbocycles. The fourth-order valence-corrected chi connectivity index (χ4v) is 2.69. The van der Waals surface area contributed by atoms with Crippen molar-refractivity contribution in [2.75, 3.05) is 0 Å². The van der Waals surface area contributed by atoms with Gasteiger partial charge < -0.3 is 5.11 Å². The van der Waals surface area contributed by atoms with E-state index in [1.807, 2.05) is 6.92 Å². The van der Waals surface area contributed by atoms with E-state index in [2.05, 4.69) is 47.8 Å². The maximum atomic E-state index is 9.52. The molecule has 66 valence electrons. The van der Waals surface area contributed by atoms with E-state index >= 15 is 0 Å². The molecule has 0 aliphatic carbocycles. The predicted octanol–water partition coefficient (Wildman–Crippen LogP) is 4.24. The van der Waals surface area contributed by atoms with Gasteiger partial charge in [-0.1, -0.05) is 6.92 Å². The number of hydrogen-bond donors (Lipinski definition) is 1. The van der Waals surface area contributed by atoms with Crippen molar-refractivity contribution in [3.63, 3.8) is 0 Å². The summed E-state index contributed by atoms with van der Waals surface area (Å²) in [5, 5.41) is 9.52. The lowest BCUT2D eigenvalue weighted by atomic mass is 10.1. The zero-order chi connectivity index (χ0) is 9.30. The van der Waals surface area contributed by atoms with Crippen LogP contribution >= 0.6 is 47.8 Å². The third-order valence-corrected chi connectivity index (χ3v) is 4.98. The summed E-state index contributed by atoms with van der Waals surface area (Å²) in [6.07, 6.45) is 0.804. The van der Waals surface area contributed by atoms with Crippen molar-refractivity contribution in [1.82, 2.24) is 0 Å². The highest BCUT2D eigenvalue weighted by Crippen LogP contribution is 2.38. The first-order valence-corrected chi connectivity index (χ1v) is 5.81. The molecule has 1 rings (SSSR count). The highest BCUT2D eigenvalue weighted by molar-refractivity contribution is 9.14. The molecule has 1 aromatic carbocycles. The first-order chi connectivity index (χ1) is 5.57. The Hall–Kier alpha value is 0.460. The number of hydrogen-bond acceptors (Lipinski definition) is 1. The van der Waals surface area contributed by atoms with E-state index in [4.69, 9.17) is 0 Å². The van der Waals surface area contributed by atoms with E-state index in [0.717, 1.165) is 25.4 Å². The second-order valence-electron chi connectivity index (χ2n) is 2.34. The van der Waals surface area contributed by atoms with Crippen LogP contribution < -0.4 is 0 Å². The second-order valence-corrected chi connectivity index (χ2v) is 4.78. The highest BCUT2D eigenvalue weighted by Gasteiger charge is 2.10. The summed E-state index contributed by atoms with van der Waals surface area (Å²) in [6, 6.07) is 1.69. The Kier molecular flexibility index (Phi) is 3.61. The van der Waals surface area contributed by atoms with Crippen LogP contribution in [0, 0.1) is 0 Å². The molecule has 0 spiro atoms. The zero-order valence-electron chi connectivity index (χ0n) is 6.37.